The molecular formula is C34H54N2O6Si2. The van der Waals surface area contributed by atoms with Gasteiger partial charge in [0.15, 0.2) is 22.2 Å². The van der Waals surface area contributed by atoms with Crippen molar-refractivity contribution >= 4 is 39.5 Å². The van der Waals surface area contributed by atoms with Gasteiger partial charge in [-0.15, -0.1) is 0 Å². The van der Waals surface area contributed by atoms with Gasteiger partial charge >= 0.3 is 6.09 Å². The van der Waals surface area contributed by atoms with Crippen LogP contribution in [0, 0.1) is 0 Å². The molecule has 0 aliphatic carbocycles. The van der Waals surface area contributed by atoms with Crippen molar-refractivity contribution in [3.8, 4) is 17.2 Å². The second-order valence-electron chi connectivity index (χ2n) is 15.6. The van der Waals surface area contributed by atoms with E-state index in [4.69, 9.17) is 27.7 Å². The van der Waals surface area contributed by atoms with Gasteiger partial charge in [0.05, 0.1) is 6.61 Å². The molecule has 3 rings (SSSR count). The number of anilines is 1. The van der Waals surface area contributed by atoms with Crippen LogP contribution in [0.25, 0.3) is 22.6 Å². The van der Waals surface area contributed by atoms with E-state index < -0.39 is 28.3 Å². The van der Waals surface area contributed by atoms with Crippen LogP contribution >= 0.6 is 0 Å². The highest BCUT2D eigenvalue weighted by molar-refractivity contribution is 6.74. The van der Waals surface area contributed by atoms with Gasteiger partial charge in [0.2, 0.25) is 5.89 Å². The van der Waals surface area contributed by atoms with Crippen LogP contribution in [0.5, 0.6) is 5.75 Å². The number of nitrogens with zero attached hydrogens (tertiary/aromatic N) is 2. The molecule has 0 saturated carbocycles. The Morgan fingerprint density at radius 3 is 2.00 bits per heavy atom. The Hall–Kier alpha value is -2.67. The number of fused-ring (bicyclic) bond motifs is 1. The minimum atomic E-state index is -2.06. The first-order valence-corrected chi connectivity index (χ1v) is 21.2. The van der Waals surface area contributed by atoms with Crippen molar-refractivity contribution in [1.29, 1.82) is 0 Å². The minimum Gasteiger partial charge on any atom is -0.491 e. The summed E-state index contributed by atoms with van der Waals surface area (Å²) in [6.07, 6.45) is -0.603. The number of rotatable bonds is 10. The van der Waals surface area contributed by atoms with Crippen LogP contribution in [0.15, 0.2) is 46.9 Å². The number of aromatic nitrogens is 1. The van der Waals surface area contributed by atoms with Gasteiger partial charge in [-0.25, -0.2) is 9.78 Å². The second-order valence-corrected chi connectivity index (χ2v) is 25.2. The fourth-order valence-electron chi connectivity index (χ4n) is 3.80. The zero-order chi connectivity index (χ0) is 33.3. The molecule has 244 valence electrons. The molecule has 0 N–H and O–H groups in total. The Labute approximate surface area is 266 Å². The zero-order valence-electron chi connectivity index (χ0n) is 29.4. The minimum absolute atomic E-state index is 0.0710. The lowest BCUT2D eigenvalue weighted by atomic mass is 10.2. The molecule has 1 atom stereocenters. The summed E-state index contributed by atoms with van der Waals surface area (Å²) in [5, 5.41) is 0.182. The number of benzene rings is 2. The summed E-state index contributed by atoms with van der Waals surface area (Å²) in [5.41, 5.74) is 2.31. The summed E-state index contributed by atoms with van der Waals surface area (Å²) in [6.45, 7) is 28.9. The molecule has 0 saturated heterocycles. The van der Waals surface area contributed by atoms with Gasteiger partial charge < -0.3 is 22.7 Å². The Morgan fingerprint density at radius 1 is 0.864 bits per heavy atom. The Kier molecular flexibility index (Phi) is 10.6. The molecule has 0 fully saturated rings. The van der Waals surface area contributed by atoms with Crippen LogP contribution in [0.4, 0.5) is 10.5 Å². The molecule has 0 unspecified atom stereocenters. The van der Waals surface area contributed by atoms with E-state index in [-0.39, 0.29) is 16.2 Å². The van der Waals surface area contributed by atoms with Crippen LogP contribution in [0.2, 0.25) is 36.3 Å². The lowest BCUT2D eigenvalue weighted by molar-refractivity contribution is 0.0589. The maximum atomic E-state index is 12.4. The van der Waals surface area contributed by atoms with Gasteiger partial charge in [0, 0.05) is 24.4 Å². The molecule has 1 heterocycles. The van der Waals surface area contributed by atoms with E-state index in [1.807, 2.05) is 63.2 Å². The van der Waals surface area contributed by atoms with Crippen LogP contribution < -0.4 is 9.64 Å². The van der Waals surface area contributed by atoms with Crippen LogP contribution in [0.1, 0.15) is 62.3 Å². The fraction of sp³-hybridized carbons (Fsp3) is 0.588. The maximum absolute atomic E-state index is 12.4. The topological polar surface area (TPSA) is 83.3 Å². The van der Waals surface area contributed by atoms with Crippen molar-refractivity contribution in [1.82, 2.24) is 4.98 Å². The van der Waals surface area contributed by atoms with E-state index in [2.05, 4.69) is 67.7 Å². The third kappa shape index (κ3) is 9.18. The van der Waals surface area contributed by atoms with Crippen LogP contribution in [-0.2, 0) is 13.6 Å². The molecule has 10 heteroatoms. The molecule has 0 spiro atoms. The first-order chi connectivity index (χ1) is 20.0. The Morgan fingerprint density at radius 2 is 1.45 bits per heavy atom. The summed E-state index contributed by atoms with van der Waals surface area (Å²) in [5.74, 6) is 1.19. The van der Waals surface area contributed by atoms with Crippen molar-refractivity contribution < 1.29 is 27.5 Å². The number of carbonyl (C=O) groups excluding carboxylic acids is 1. The molecular weight excluding hydrogens is 589 g/mol. The average molecular weight is 643 g/mol. The molecule has 2 aromatic carbocycles. The number of oxazole rings is 1. The normalized spacial score (nSPS) is 14.0. The average Bonchev–Trinajstić information content (AvgIpc) is 3.31. The first kappa shape index (κ1) is 35.8. The molecule has 0 aliphatic heterocycles. The van der Waals surface area contributed by atoms with E-state index in [1.165, 1.54) is 4.90 Å². The number of ether oxygens (including phenoxy) is 2. The smallest absolute Gasteiger partial charge is 0.414 e. The molecule has 0 bridgehead atoms. The number of carbonyl (C=O) groups is 1. The SMILES string of the molecule is CN(C(=O)OC(C)(C)C)c1ccc(-c2nc3cc(OC[C@H](CO[Si](C)(C)C(C)(C)C)O[Si](C)(C)C(C)(C)C)ccc3o2)cc1. The van der Waals surface area contributed by atoms with Crippen molar-refractivity contribution in [3.05, 3.63) is 42.5 Å². The monoisotopic (exact) mass is 642 g/mol. The van der Waals surface area contributed by atoms with Crippen molar-refractivity contribution in [2.24, 2.45) is 0 Å². The third-order valence-electron chi connectivity index (χ3n) is 8.67. The first-order valence-electron chi connectivity index (χ1n) is 15.4. The van der Waals surface area contributed by atoms with Gasteiger partial charge in [-0.1, -0.05) is 41.5 Å². The van der Waals surface area contributed by atoms with Gasteiger partial charge in [-0.05, 0) is 93.4 Å². The van der Waals surface area contributed by atoms with E-state index >= 15 is 0 Å². The molecule has 44 heavy (non-hydrogen) atoms. The lowest BCUT2D eigenvalue weighted by Gasteiger charge is -2.41. The molecule has 0 aliphatic rings. The van der Waals surface area contributed by atoms with Crippen molar-refractivity contribution in [2.45, 2.75) is 110 Å². The maximum Gasteiger partial charge on any atom is 0.414 e. The number of amides is 1. The van der Waals surface area contributed by atoms with E-state index in [9.17, 15) is 4.79 Å². The Balaban J connectivity index is 1.75. The predicted molar refractivity (Wildman–Crippen MR) is 185 cm³/mol. The molecule has 0 radical (unpaired) electrons. The van der Waals surface area contributed by atoms with E-state index in [0.29, 0.717) is 41.6 Å². The van der Waals surface area contributed by atoms with E-state index in [1.54, 1.807) is 7.05 Å². The van der Waals surface area contributed by atoms with Gasteiger partial charge in [0.25, 0.3) is 0 Å². The summed E-state index contributed by atoms with van der Waals surface area (Å²) >= 11 is 0. The zero-order valence-corrected chi connectivity index (χ0v) is 31.4. The Bertz CT molecular complexity index is 1410. The van der Waals surface area contributed by atoms with Crippen LogP contribution in [0.3, 0.4) is 0 Å². The van der Waals surface area contributed by atoms with Gasteiger partial charge in [0.1, 0.15) is 29.6 Å². The fourth-order valence-corrected chi connectivity index (χ4v) is 6.16. The van der Waals surface area contributed by atoms with Crippen molar-refractivity contribution in [3.63, 3.8) is 0 Å². The highest BCUT2D eigenvalue weighted by Gasteiger charge is 2.41. The molecule has 1 amide bonds. The second kappa shape index (κ2) is 13.0. The predicted octanol–water partition coefficient (Wildman–Crippen LogP) is 9.66. The van der Waals surface area contributed by atoms with E-state index in [0.717, 1.165) is 5.56 Å². The summed E-state index contributed by atoms with van der Waals surface area (Å²) in [7, 11) is -2.33. The van der Waals surface area contributed by atoms with Gasteiger partial charge in [-0.2, -0.15) is 0 Å². The highest BCUT2D eigenvalue weighted by atomic mass is 28.4. The quantitative estimate of drug-likeness (QED) is 0.204. The molecule has 1 aromatic heterocycles. The largest absolute Gasteiger partial charge is 0.491 e. The van der Waals surface area contributed by atoms with Gasteiger partial charge in [-0.3, -0.25) is 4.90 Å². The third-order valence-corrected chi connectivity index (χ3v) is 17.7. The highest BCUT2D eigenvalue weighted by Crippen LogP contribution is 2.39. The lowest BCUT2D eigenvalue weighted by Crippen LogP contribution is -2.49. The standard InChI is InChI=1S/C34H54N2O6Si2/c1-32(2,3)41-31(37)36(10)25-17-15-24(16-18-25)30-35-28-21-26(19-20-29(28)40-30)38-22-27(42-44(13,14)34(7,8)9)23-39-43(11,12)33(4,5)6/h15-21,27H,22-23H2,1-14H3/t27-/m1/s1. The summed E-state index contributed by atoms with van der Waals surface area (Å²) in [4.78, 5) is 18.6. The summed E-state index contributed by atoms with van der Waals surface area (Å²) < 4.78 is 31.2. The number of hydrogen-bond donors (Lipinski definition) is 0. The summed E-state index contributed by atoms with van der Waals surface area (Å²) in [6, 6.07) is 13.1. The van der Waals surface area contributed by atoms with Crippen molar-refractivity contribution in [2.75, 3.05) is 25.2 Å². The molecule has 3 aromatic rings. The van der Waals surface area contributed by atoms with Crippen LogP contribution in [-0.4, -0.2) is 59.7 Å². The number of hydrogen-bond acceptors (Lipinski definition) is 7. The molecule has 8 nitrogen and oxygen atoms in total.